The van der Waals surface area contributed by atoms with Crippen molar-refractivity contribution in [3.63, 3.8) is 0 Å². The van der Waals surface area contributed by atoms with Gasteiger partial charge in [-0.2, -0.15) is 0 Å². The molecule has 0 aliphatic rings. The SMILES string of the molecule is CCc1nccc(-c2cccnc2Oc2ccc(NC(=O)c3sccc3Cl)cc2C)n1. The number of halogens is 1. The number of carbonyl (C=O) groups excluding carboxylic acids is 1. The van der Waals surface area contributed by atoms with Gasteiger partial charge in [0, 0.05) is 24.5 Å². The van der Waals surface area contributed by atoms with Gasteiger partial charge >= 0.3 is 0 Å². The summed E-state index contributed by atoms with van der Waals surface area (Å²) in [4.78, 5) is 26.1. The van der Waals surface area contributed by atoms with Crippen molar-refractivity contribution in [2.45, 2.75) is 20.3 Å². The summed E-state index contributed by atoms with van der Waals surface area (Å²) in [6, 6.07) is 12.7. The molecule has 4 aromatic rings. The quantitative estimate of drug-likeness (QED) is 0.380. The second-order valence-electron chi connectivity index (χ2n) is 6.70. The average Bonchev–Trinajstić information content (AvgIpc) is 3.22. The van der Waals surface area contributed by atoms with Crippen LogP contribution in [0.4, 0.5) is 5.69 Å². The summed E-state index contributed by atoms with van der Waals surface area (Å²) in [5, 5.41) is 5.09. The predicted octanol–water partition coefficient (Wildman–Crippen LogP) is 6.17. The van der Waals surface area contributed by atoms with Crippen LogP contribution in [0.3, 0.4) is 0 Å². The largest absolute Gasteiger partial charge is 0.438 e. The number of hydrogen-bond acceptors (Lipinski definition) is 6. The predicted molar refractivity (Wildman–Crippen MR) is 123 cm³/mol. The van der Waals surface area contributed by atoms with E-state index in [9.17, 15) is 4.79 Å². The fourth-order valence-corrected chi connectivity index (χ4v) is 4.01. The molecular weight excluding hydrogens is 432 g/mol. The highest BCUT2D eigenvalue weighted by molar-refractivity contribution is 7.12. The van der Waals surface area contributed by atoms with Crippen molar-refractivity contribution in [3.05, 3.63) is 81.5 Å². The lowest BCUT2D eigenvalue weighted by molar-refractivity contribution is 0.103. The van der Waals surface area contributed by atoms with Gasteiger partial charge in [-0.15, -0.1) is 11.3 Å². The fraction of sp³-hybridized carbons (Fsp3) is 0.130. The number of nitrogens with one attached hydrogen (secondary N) is 1. The van der Waals surface area contributed by atoms with Gasteiger partial charge in [0.05, 0.1) is 16.3 Å². The number of ether oxygens (including phenoxy) is 1. The molecule has 156 valence electrons. The van der Waals surface area contributed by atoms with Crippen molar-refractivity contribution >= 4 is 34.5 Å². The van der Waals surface area contributed by atoms with Gasteiger partial charge in [0.1, 0.15) is 16.5 Å². The van der Waals surface area contributed by atoms with Crippen LogP contribution in [0.25, 0.3) is 11.3 Å². The van der Waals surface area contributed by atoms with Gasteiger partial charge in [-0.25, -0.2) is 15.0 Å². The van der Waals surface area contributed by atoms with E-state index in [2.05, 4.69) is 20.3 Å². The standard InChI is InChI=1S/C23H19ClN4O2S/c1-3-20-25-11-8-18(28-20)16-5-4-10-26-23(16)30-19-7-6-15(13-14(19)2)27-22(29)21-17(24)9-12-31-21/h4-13H,3H2,1-2H3,(H,27,29). The molecule has 8 heteroatoms. The fourth-order valence-electron chi connectivity index (χ4n) is 2.98. The van der Waals surface area contributed by atoms with E-state index >= 15 is 0 Å². The van der Waals surface area contributed by atoms with Gasteiger partial charge < -0.3 is 10.1 Å². The Morgan fingerprint density at radius 2 is 2.03 bits per heavy atom. The molecule has 0 saturated carbocycles. The first-order valence-corrected chi connectivity index (χ1v) is 10.9. The summed E-state index contributed by atoms with van der Waals surface area (Å²) in [6.45, 7) is 3.92. The van der Waals surface area contributed by atoms with Crippen LogP contribution in [-0.4, -0.2) is 20.9 Å². The number of hydrogen-bond donors (Lipinski definition) is 1. The molecule has 0 radical (unpaired) electrons. The Kier molecular flexibility index (Phi) is 6.25. The summed E-state index contributed by atoms with van der Waals surface area (Å²) in [5.74, 6) is 1.61. The van der Waals surface area contributed by atoms with Gasteiger partial charge in [0.25, 0.3) is 5.91 Å². The van der Waals surface area contributed by atoms with Crippen LogP contribution in [-0.2, 0) is 6.42 Å². The van der Waals surface area contributed by atoms with E-state index in [4.69, 9.17) is 16.3 Å². The smallest absolute Gasteiger partial charge is 0.267 e. The number of anilines is 1. The normalized spacial score (nSPS) is 10.7. The van der Waals surface area contributed by atoms with Crippen LogP contribution < -0.4 is 10.1 Å². The molecule has 0 aliphatic carbocycles. The Balaban J connectivity index is 1.57. The second kappa shape index (κ2) is 9.24. The maximum Gasteiger partial charge on any atom is 0.267 e. The minimum absolute atomic E-state index is 0.240. The highest BCUT2D eigenvalue weighted by Gasteiger charge is 2.14. The highest BCUT2D eigenvalue weighted by atomic mass is 35.5. The molecule has 4 rings (SSSR count). The van der Waals surface area contributed by atoms with Crippen LogP contribution in [0.1, 0.15) is 28.0 Å². The molecule has 0 fully saturated rings. The second-order valence-corrected chi connectivity index (χ2v) is 8.03. The zero-order chi connectivity index (χ0) is 21.8. The van der Waals surface area contributed by atoms with Crippen molar-refractivity contribution in [1.29, 1.82) is 0 Å². The monoisotopic (exact) mass is 450 g/mol. The molecule has 0 atom stereocenters. The van der Waals surface area contributed by atoms with E-state index in [1.807, 2.05) is 38.1 Å². The maximum atomic E-state index is 12.4. The Bertz CT molecular complexity index is 1240. The molecule has 0 unspecified atom stereocenters. The summed E-state index contributed by atoms with van der Waals surface area (Å²) < 4.78 is 6.12. The molecule has 0 bridgehead atoms. The topological polar surface area (TPSA) is 77.0 Å². The number of pyridine rings is 1. The number of thiophene rings is 1. The first-order chi connectivity index (χ1) is 15.0. The molecule has 0 saturated heterocycles. The molecule has 0 spiro atoms. The summed E-state index contributed by atoms with van der Waals surface area (Å²) in [6.07, 6.45) is 4.16. The van der Waals surface area contributed by atoms with Crippen LogP contribution in [0.2, 0.25) is 5.02 Å². The van der Waals surface area contributed by atoms with Gasteiger partial charge in [0.2, 0.25) is 5.88 Å². The zero-order valence-corrected chi connectivity index (χ0v) is 18.5. The number of benzene rings is 1. The van der Waals surface area contributed by atoms with Crippen molar-refractivity contribution < 1.29 is 9.53 Å². The van der Waals surface area contributed by atoms with E-state index in [1.54, 1.807) is 36.0 Å². The highest BCUT2D eigenvalue weighted by Crippen LogP contribution is 2.33. The minimum Gasteiger partial charge on any atom is -0.438 e. The van der Waals surface area contributed by atoms with Gasteiger partial charge in [-0.1, -0.05) is 18.5 Å². The summed E-state index contributed by atoms with van der Waals surface area (Å²) >= 11 is 7.35. The summed E-state index contributed by atoms with van der Waals surface area (Å²) in [5.41, 5.74) is 3.04. The third-order valence-corrected chi connectivity index (χ3v) is 5.87. The summed E-state index contributed by atoms with van der Waals surface area (Å²) in [7, 11) is 0. The third kappa shape index (κ3) is 4.73. The lowest BCUT2D eigenvalue weighted by Gasteiger charge is -2.13. The Labute approximate surface area is 188 Å². The zero-order valence-electron chi connectivity index (χ0n) is 16.9. The first-order valence-electron chi connectivity index (χ1n) is 9.65. The van der Waals surface area contributed by atoms with E-state index in [1.165, 1.54) is 11.3 Å². The molecule has 1 aromatic carbocycles. The Morgan fingerprint density at radius 3 is 2.77 bits per heavy atom. The van der Waals surface area contributed by atoms with E-state index in [-0.39, 0.29) is 5.91 Å². The molecule has 1 N–H and O–H groups in total. The lowest BCUT2D eigenvalue weighted by Crippen LogP contribution is -2.10. The van der Waals surface area contributed by atoms with Gasteiger partial charge in [-0.3, -0.25) is 4.79 Å². The molecule has 3 heterocycles. The molecule has 0 aliphatic heterocycles. The average molecular weight is 451 g/mol. The maximum absolute atomic E-state index is 12.4. The number of amides is 1. The molecule has 31 heavy (non-hydrogen) atoms. The lowest BCUT2D eigenvalue weighted by atomic mass is 10.1. The first kappa shape index (κ1) is 21.0. The van der Waals surface area contributed by atoms with E-state index < -0.39 is 0 Å². The minimum atomic E-state index is -0.240. The van der Waals surface area contributed by atoms with Crippen molar-refractivity contribution in [1.82, 2.24) is 15.0 Å². The van der Waals surface area contributed by atoms with Gasteiger partial charge in [-0.05, 0) is 60.3 Å². The molecule has 1 amide bonds. The van der Waals surface area contributed by atoms with E-state index in [0.29, 0.717) is 27.2 Å². The number of aryl methyl sites for hydroxylation is 2. The van der Waals surface area contributed by atoms with Crippen LogP contribution in [0.5, 0.6) is 11.6 Å². The number of nitrogens with zero attached hydrogens (tertiary/aromatic N) is 3. The Morgan fingerprint density at radius 1 is 1.16 bits per heavy atom. The molecular formula is C23H19ClN4O2S. The van der Waals surface area contributed by atoms with E-state index in [0.717, 1.165) is 29.1 Å². The third-order valence-electron chi connectivity index (χ3n) is 4.53. The number of carbonyl (C=O) groups is 1. The Hall–Kier alpha value is -3.29. The number of aromatic nitrogens is 3. The molecule has 3 aromatic heterocycles. The van der Waals surface area contributed by atoms with Crippen LogP contribution in [0.15, 0.2) is 60.2 Å². The number of rotatable bonds is 6. The van der Waals surface area contributed by atoms with Crippen LogP contribution >= 0.6 is 22.9 Å². The van der Waals surface area contributed by atoms with Gasteiger partial charge in [0.15, 0.2) is 0 Å². The van der Waals surface area contributed by atoms with Crippen molar-refractivity contribution in [2.24, 2.45) is 0 Å². The van der Waals surface area contributed by atoms with Crippen LogP contribution in [0, 0.1) is 6.92 Å². The van der Waals surface area contributed by atoms with Crippen molar-refractivity contribution in [2.75, 3.05) is 5.32 Å². The molecule has 6 nitrogen and oxygen atoms in total. The van der Waals surface area contributed by atoms with Crippen molar-refractivity contribution in [3.8, 4) is 22.9 Å².